The highest BCUT2D eigenvalue weighted by molar-refractivity contribution is 8.12. The second-order valence-electron chi connectivity index (χ2n) is 4.29. The standard InChI is InChI=1S/C9H23NOPS/c1-6-12(13,7-2)11-9-8-10(3,4)5/h6-9H2,1-5H3/q+1. The van der Waals surface area contributed by atoms with Crippen LogP contribution in [0.25, 0.3) is 0 Å². The van der Waals surface area contributed by atoms with Crippen LogP contribution in [0.1, 0.15) is 13.8 Å². The zero-order valence-corrected chi connectivity index (χ0v) is 11.3. The molecule has 0 unspecified atom stereocenters. The van der Waals surface area contributed by atoms with Crippen LogP contribution < -0.4 is 0 Å². The van der Waals surface area contributed by atoms with Crippen LogP contribution in [-0.4, -0.2) is 51.1 Å². The summed E-state index contributed by atoms with van der Waals surface area (Å²) in [6.07, 6.45) is 0.604. The molecule has 13 heavy (non-hydrogen) atoms. The predicted octanol–water partition coefficient (Wildman–Crippen LogP) is 2.14. The molecule has 0 spiro atoms. The zero-order valence-electron chi connectivity index (χ0n) is 9.54. The molecule has 0 aromatic carbocycles. The largest absolute Gasteiger partial charge is 0.345 e. The van der Waals surface area contributed by atoms with Crippen molar-refractivity contribution in [3.8, 4) is 0 Å². The van der Waals surface area contributed by atoms with Gasteiger partial charge in [0.05, 0.1) is 27.4 Å². The Morgan fingerprint density at radius 1 is 1.15 bits per heavy atom. The third kappa shape index (κ3) is 6.62. The van der Waals surface area contributed by atoms with Crippen LogP contribution in [0.3, 0.4) is 0 Å². The maximum absolute atomic E-state index is 5.81. The molecule has 0 aliphatic carbocycles. The van der Waals surface area contributed by atoms with Crippen LogP contribution in [0.15, 0.2) is 0 Å². The molecule has 0 N–H and O–H groups in total. The van der Waals surface area contributed by atoms with E-state index in [4.69, 9.17) is 16.3 Å². The average molecular weight is 224 g/mol. The fourth-order valence-electron chi connectivity index (χ4n) is 0.887. The van der Waals surface area contributed by atoms with E-state index in [1.54, 1.807) is 0 Å². The number of hydrogen-bond donors (Lipinski definition) is 0. The lowest BCUT2D eigenvalue weighted by molar-refractivity contribution is -0.870. The van der Waals surface area contributed by atoms with Gasteiger partial charge in [0, 0.05) is 0 Å². The lowest BCUT2D eigenvalue weighted by Gasteiger charge is -2.26. The van der Waals surface area contributed by atoms with Crippen LogP contribution in [0.5, 0.6) is 0 Å². The van der Waals surface area contributed by atoms with E-state index in [0.717, 1.165) is 30.0 Å². The van der Waals surface area contributed by atoms with Crippen LogP contribution in [0.4, 0.5) is 0 Å². The Bertz CT molecular complexity index is 181. The van der Waals surface area contributed by atoms with Crippen molar-refractivity contribution in [2.24, 2.45) is 0 Å². The van der Waals surface area contributed by atoms with E-state index in [1.807, 2.05) is 0 Å². The van der Waals surface area contributed by atoms with E-state index in [1.165, 1.54) is 0 Å². The molecular weight excluding hydrogens is 201 g/mol. The first-order valence-electron chi connectivity index (χ1n) is 4.86. The molecule has 0 rings (SSSR count). The van der Waals surface area contributed by atoms with Gasteiger partial charge in [-0.1, -0.05) is 25.7 Å². The quantitative estimate of drug-likeness (QED) is 0.505. The van der Waals surface area contributed by atoms with Crippen molar-refractivity contribution in [3.05, 3.63) is 0 Å². The molecule has 0 aromatic rings. The van der Waals surface area contributed by atoms with Gasteiger partial charge in [0.1, 0.15) is 13.2 Å². The zero-order chi connectivity index (χ0) is 10.5. The van der Waals surface area contributed by atoms with Crippen LogP contribution in [-0.2, 0) is 16.3 Å². The van der Waals surface area contributed by atoms with Gasteiger partial charge in [-0.05, 0) is 12.3 Å². The van der Waals surface area contributed by atoms with Gasteiger partial charge in [-0.2, -0.15) is 0 Å². The summed E-state index contributed by atoms with van der Waals surface area (Å²) in [4.78, 5) is 0. The highest BCUT2D eigenvalue weighted by Crippen LogP contribution is 2.45. The van der Waals surface area contributed by atoms with Crippen LogP contribution in [0, 0.1) is 0 Å². The minimum absolute atomic E-state index is 0.808. The lowest BCUT2D eigenvalue weighted by atomic mass is 10.5. The highest BCUT2D eigenvalue weighted by atomic mass is 32.4. The SMILES string of the molecule is CCP(=S)(CC)OCC[N+](C)(C)C. The van der Waals surface area contributed by atoms with E-state index in [2.05, 4.69) is 35.0 Å². The summed E-state index contributed by atoms with van der Waals surface area (Å²) in [6.45, 7) is 6.12. The van der Waals surface area contributed by atoms with E-state index in [0.29, 0.717) is 0 Å². The molecule has 0 amide bonds. The molecule has 0 saturated heterocycles. The first-order chi connectivity index (χ1) is 5.83. The second kappa shape index (κ2) is 5.45. The average Bonchev–Trinajstić information content (AvgIpc) is 2.02. The summed E-state index contributed by atoms with van der Waals surface area (Å²) < 4.78 is 6.76. The van der Waals surface area contributed by atoms with Crippen molar-refractivity contribution < 1.29 is 9.01 Å². The van der Waals surface area contributed by atoms with Crippen LogP contribution in [0.2, 0.25) is 0 Å². The topological polar surface area (TPSA) is 9.23 Å². The van der Waals surface area contributed by atoms with E-state index >= 15 is 0 Å². The summed E-state index contributed by atoms with van der Waals surface area (Å²) in [5, 5.41) is 0. The monoisotopic (exact) mass is 224 g/mol. The van der Waals surface area contributed by atoms with Crippen LogP contribution >= 0.6 is 6.26 Å². The van der Waals surface area contributed by atoms with Gasteiger partial charge in [-0.15, -0.1) is 0 Å². The lowest BCUT2D eigenvalue weighted by Crippen LogP contribution is -2.37. The molecular formula is C9H23NOPS+. The molecule has 0 aliphatic rings. The number of nitrogens with zero attached hydrogens (tertiary/aromatic N) is 1. The van der Waals surface area contributed by atoms with Gasteiger partial charge < -0.3 is 9.01 Å². The molecule has 0 aromatic heterocycles. The smallest absolute Gasteiger partial charge is 0.102 e. The molecule has 4 heteroatoms. The molecule has 0 atom stereocenters. The van der Waals surface area contributed by atoms with E-state index in [-0.39, 0.29) is 0 Å². The minimum Gasteiger partial charge on any atom is -0.345 e. The van der Waals surface area contributed by atoms with Gasteiger partial charge in [-0.3, -0.25) is 0 Å². The minimum atomic E-state index is -1.44. The second-order valence-corrected chi connectivity index (χ2v) is 9.44. The summed E-state index contributed by atoms with van der Waals surface area (Å²) in [5.41, 5.74) is 0. The summed E-state index contributed by atoms with van der Waals surface area (Å²) in [5.74, 6) is 0. The fraction of sp³-hybridized carbons (Fsp3) is 1.00. The van der Waals surface area contributed by atoms with Crippen molar-refractivity contribution in [2.45, 2.75) is 13.8 Å². The van der Waals surface area contributed by atoms with Crippen molar-refractivity contribution >= 4 is 18.1 Å². The van der Waals surface area contributed by atoms with E-state index in [9.17, 15) is 0 Å². The first kappa shape index (κ1) is 13.6. The third-order valence-electron chi connectivity index (χ3n) is 2.05. The van der Waals surface area contributed by atoms with Crippen molar-refractivity contribution in [1.29, 1.82) is 0 Å². The van der Waals surface area contributed by atoms with Crippen molar-refractivity contribution in [2.75, 3.05) is 46.6 Å². The molecule has 0 aliphatic heterocycles. The Labute approximate surface area is 87.9 Å². The third-order valence-corrected chi connectivity index (χ3v) is 6.50. The Kier molecular flexibility index (Phi) is 5.69. The van der Waals surface area contributed by atoms with E-state index < -0.39 is 6.26 Å². The van der Waals surface area contributed by atoms with Crippen molar-refractivity contribution in [1.82, 2.24) is 0 Å². The summed E-state index contributed by atoms with van der Waals surface area (Å²) >= 11 is 5.47. The van der Waals surface area contributed by atoms with Gasteiger partial charge in [0.15, 0.2) is 0 Å². The van der Waals surface area contributed by atoms with Gasteiger partial charge in [0.25, 0.3) is 0 Å². The Balaban J connectivity index is 3.82. The Morgan fingerprint density at radius 3 is 1.92 bits per heavy atom. The van der Waals surface area contributed by atoms with Crippen molar-refractivity contribution in [3.63, 3.8) is 0 Å². The number of rotatable bonds is 6. The fourth-order valence-corrected chi connectivity index (χ4v) is 2.34. The molecule has 0 saturated carbocycles. The predicted molar refractivity (Wildman–Crippen MR) is 64.2 cm³/mol. The van der Waals surface area contributed by atoms with Gasteiger partial charge >= 0.3 is 0 Å². The molecule has 0 radical (unpaired) electrons. The Hall–Kier alpha value is 0.570. The number of quaternary nitrogens is 1. The van der Waals surface area contributed by atoms with Gasteiger partial charge in [-0.25, -0.2) is 0 Å². The Morgan fingerprint density at radius 2 is 1.62 bits per heavy atom. The van der Waals surface area contributed by atoms with Gasteiger partial charge in [0.2, 0.25) is 0 Å². The number of likely N-dealkylation sites (N-methyl/N-ethyl adjacent to an activating group) is 1. The highest BCUT2D eigenvalue weighted by Gasteiger charge is 2.14. The molecule has 80 valence electrons. The first-order valence-corrected chi connectivity index (χ1v) is 7.95. The maximum Gasteiger partial charge on any atom is 0.102 e. The molecule has 0 heterocycles. The maximum atomic E-state index is 5.81. The molecule has 0 fully saturated rings. The summed E-state index contributed by atoms with van der Waals surface area (Å²) in [7, 11) is 6.51. The molecule has 0 bridgehead atoms. The number of hydrogen-bond acceptors (Lipinski definition) is 2. The summed E-state index contributed by atoms with van der Waals surface area (Å²) in [6, 6.07) is 0. The normalized spacial score (nSPS) is 13.3. The molecule has 2 nitrogen and oxygen atoms in total.